The van der Waals surface area contributed by atoms with Gasteiger partial charge in [-0.1, -0.05) is 46.4 Å². The standard InChI is InChI=1S/C23H25FN4O2S/c1-15-5-9-17(10-6-15)20(21(29)25-23(2,3)4)28(22(30)19-14-31-27-26-19)13-16-7-11-18(24)12-8-16/h5-12,14,20H,13H2,1-4H3,(H,25,29)/t20-/m1/s1. The fraction of sp³-hybridized carbons (Fsp3) is 0.304. The van der Waals surface area contributed by atoms with E-state index in [1.807, 2.05) is 52.0 Å². The van der Waals surface area contributed by atoms with Crippen molar-refractivity contribution in [1.29, 1.82) is 0 Å². The van der Waals surface area contributed by atoms with Gasteiger partial charge < -0.3 is 10.2 Å². The fourth-order valence-electron chi connectivity index (χ4n) is 3.13. The van der Waals surface area contributed by atoms with Crippen molar-refractivity contribution in [2.45, 2.75) is 45.8 Å². The van der Waals surface area contributed by atoms with Gasteiger partial charge in [-0.15, -0.1) is 5.10 Å². The summed E-state index contributed by atoms with van der Waals surface area (Å²) < 4.78 is 17.2. The van der Waals surface area contributed by atoms with Crippen LogP contribution in [0.4, 0.5) is 4.39 Å². The van der Waals surface area contributed by atoms with Crippen LogP contribution in [0.1, 0.15) is 54.0 Å². The highest BCUT2D eigenvalue weighted by molar-refractivity contribution is 7.03. The van der Waals surface area contributed by atoms with Gasteiger partial charge >= 0.3 is 0 Å². The molecular formula is C23H25FN4O2S. The van der Waals surface area contributed by atoms with Gasteiger partial charge in [0, 0.05) is 17.5 Å². The van der Waals surface area contributed by atoms with E-state index in [0.717, 1.165) is 17.1 Å². The maximum atomic E-state index is 13.4. The Morgan fingerprint density at radius 1 is 1.10 bits per heavy atom. The lowest BCUT2D eigenvalue weighted by atomic mass is 9.99. The van der Waals surface area contributed by atoms with Crippen LogP contribution in [-0.4, -0.2) is 31.8 Å². The first-order valence-electron chi connectivity index (χ1n) is 9.85. The van der Waals surface area contributed by atoms with E-state index >= 15 is 0 Å². The van der Waals surface area contributed by atoms with Crippen molar-refractivity contribution in [2.75, 3.05) is 0 Å². The number of nitrogens with zero attached hydrogens (tertiary/aromatic N) is 3. The average molecular weight is 441 g/mol. The van der Waals surface area contributed by atoms with Crippen LogP contribution in [0.15, 0.2) is 53.9 Å². The number of carbonyl (C=O) groups excluding carboxylic acids is 2. The number of nitrogens with one attached hydrogen (secondary N) is 1. The number of hydrogen-bond acceptors (Lipinski definition) is 5. The highest BCUT2D eigenvalue weighted by atomic mass is 32.1. The summed E-state index contributed by atoms with van der Waals surface area (Å²) in [5.41, 5.74) is 2.07. The molecule has 0 fully saturated rings. The van der Waals surface area contributed by atoms with E-state index in [9.17, 15) is 14.0 Å². The highest BCUT2D eigenvalue weighted by Gasteiger charge is 2.34. The van der Waals surface area contributed by atoms with E-state index in [1.165, 1.54) is 17.0 Å². The predicted octanol–water partition coefficient (Wildman–Crippen LogP) is 4.28. The lowest BCUT2D eigenvalue weighted by molar-refractivity contribution is -0.127. The summed E-state index contributed by atoms with van der Waals surface area (Å²) in [5, 5.41) is 8.43. The molecule has 0 saturated carbocycles. The number of halogens is 1. The van der Waals surface area contributed by atoms with E-state index in [1.54, 1.807) is 17.5 Å². The summed E-state index contributed by atoms with van der Waals surface area (Å²) >= 11 is 1.06. The van der Waals surface area contributed by atoms with Gasteiger partial charge in [0.05, 0.1) is 0 Å². The molecule has 162 valence electrons. The summed E-state index contributed by atoms with van der Waals surface area (Å²) in [7, 11) is 0. The Hall–Kier alpha value is -3.13. The lowest BCUT2D eigenvalue weighted by Crippen LogP contribution is -2.49. The van der Waals surface area contributed by atoms with Gasteiger partial charge in [-0.3, -0.25) is 9.59 Å². The van der Waals surface area contributed by atoms with E-state index < -0.39 is 17.5 Å². The van der Waals surface area contributed by atoms with E-state index in [0.29, 0.717) is 11.1 Å². The topological polar surface area (TPSA) is 75.2 Å². The van der Waals surface area contributed by atoms with Gasteiger partial charge in [0.25, 0.3) is 5.91 Å². The fourth-order valence-corrected chi connectivity index (χ4v) is 3.56. The summed E-state index contributed by atoms with van der Waals surface area (Å²) in [6.07, 6.45) is 0. The molecule has 0 spiro atoms. The largest absolute Gasteiger partial charge is 0.349 e. The van der Waals surface area contributed by atoms with Crippen LogP contribution in [0.25, 0.3) is 0 Å². The van der Waals surface area contributed by atoms with Crippen LogP contribution < -0.4 is 5.32 Å². The van der Waals surface area contributed by atoms with Crippen LogP contribution in [0.3, 0.4) is 0 Å². The number of rotatable bonds is 6. The molecule has 31 heavy (non-hydrogen) atoms. The first-order valence-corrected chi connectivity index (χ1v) is 10.7. The van der Waals surface area contributed by atoms with Gasteiger partial charge in [0.1, 0.15) is 11.9 Å². The van der Waals surface area contributed by atoms with Crippen molar-refractivity contribution < 1.29 is 14.0 Å². The zero-order valence-corrected chi connectivity index (χ0v) is 18.7. The number of carbonyl (C=O) groups is 2. The van der Waals surface area contributed by atoms with Crippen molar-refractivity contribution in [2.24, 2.45) is 0 Å². The minimum atomic E-state index is -0.904. The minimum Gasteiger partial charge on any atom is -0.349 e. The first-order chi connectivity index (χ1) is 14.6. The molecule has 0 unspecified atom stereocenters. The summed E-state index contributed by atoms with van der Waals surface area (Å²) in [4.78, 5) is 28.3. The summed E-state index contributed by atoms with van der Waals surface area (Å²) in [5.74, 6) is -1.10. The van der Waals surface area contributed by atoms with Crippen LogP contribution >= 0.6 is 11.5 Å². The second-order valence-electron chi connectivity index (χ2n) is 8.40. The van der Waals surface area contributed by atoms with E-state index in [-0.39, 0.29) is 24.0 Å². The molecule has 0 saturated heterocycles. The molecule has 0 bridgehead atoms. The molecule has 0 radical (unpaired) electrons. The Kier molecular flexibility index (Phi) is 6.80. The average Bonchev–Trinajstić information content (AvgIpc) is 3.23. The SMILES string of the molecule is Cc1ccc([C@H](C(=O)NC(C)(C)C)N(Cc2ccc(F)cc2)C(=O)c2csnn2)cc1. The molecule has 1 N–H and O–H groups in total. The van der Waals surface area contributed by atoms with Crippen molar-refractivity contribution in [3.8, 4) is 0 Å². The van der Waals surface area contributed by atoms with Gasteiger partial charge in [-0.2, -0.15) is 0 Å². The maximum Gasteiger partial charge on any atom is 0.276 e. The molecule has 3 rings (SSSR count). The third-order valence-corrected chi connectivity index (χ3v) is 5.06. The van der Waals surface area contributed by atoms with Crippen molar-refractivity contribution in [1.82, 2.24) is 19.8 Å². The maximum absolute atomic E-state index is 13.4. The Bertz CT molecular complexity index is 1030. The molecule has 0 aliphatic carbocycles. The monoisotopic (exact) mass is 440 g/mol. The highest BCUT2D eigenvalue weighted by Crippen LogP contribution is 2.27. The van der Waals surface area contributed by atoms with Crippen molar-refractivity contribution in [3.63, 3.8) is 0 Å². The molecule has 1 heterocycles. The number of hydrogen-bond donors (Lipinski definition) is 1. The molecule has 6 nitrogen and oxygen atoms in total. The zero-order valence-electron chi connectivity index (χ0n) is 17.9. The van der Waals surface area contributed by atoms with Gasteiger partial charge in [-0.05, 0) is 62.5 Å². The molecule has 1 atom stereocenters. The van der Waals surface area contributed by atoms with Gasteiger partial charge in [-0.25, -0.2) is 4.39 Å². The smallest absolute Gasteiger partial charge is 0.276 e. The number of aryl methyl sites for hydroxylation is 1. The number of aromatic nitrogens is 2. The molecule has 2 amide bonds. The van der Waals surface area contributed by atoms with Crippen molar-refractivity contribution in [3.05, 3.63) is 82.1 Å². The van der Waals surface area contributed by atoms with Crippen LogP contribution in [0, 0.1) is 12.7 Å². The summed E-state index contributed by atoms with van der Waals surface area (Å²) in [6.45, 7) is 7.71. The summed E-state index contributed by atoms with van der Waals surface area (Å²) in [6, 6.07) is 12.4. The molecule has 0 aliphatic heterocycles. The van der Waals surface area contributed by atoms with Crippen LogP contribution in [0.2, 0.25) is 0 Å². The van der Waals surface area contributed by atoms with Gasteiger partial charge in [0.2, 0.25) is 5.91 Å². The third-order valence-electron chi connectivity index (χ3n) is 4.56. The lowest BCUT2D eigenvalue weighted by Gasteiger charge is -2.33. The molecule has 1 aromatic heterocycles. The Morgan fingerprint density at radius 3 is 2.29 bits per heavy atom. The van der Waals surface area contributed by atoms with Crippen LogP contribution in [-0.2, 0) is 11.3 Å². The molecule has 3 aromatic rings. The normalized spacial score (nSPS) is 12.3. The predicted molar refractivity (Wildman–Crippen MR) is 118 cm³/mol. The van der Waals surface area contributed by atoms with E-state index in [2.05, 4.69) is 14.9 Å². The third kappa shape index (κ3) is 5.95. The Balaban J connectivity index is 2.08. The molecular weight excluding hydrogens is 415 g/mol. The number of amides is 2. The minimum absolute atomic E-state index is 0.104. The second-order valence-corrected chi connectivity index (χ2v) is 9.01. The molecule has 0 aliphatic rings. The first kappa shape index (κ1) is 22.6. The number of benzene rings is 2. The van der Waals surface area contributed by atoms with E-state index in [4.69, 9.17) is 0 Å². The molecule has 2 aromatic carbocycles. The van der Waals surface area contributed by atoms with Gasteiger partial charge in [0.15, 0.2) is 5.69 Å². The van der Waals surface area contributed by atoms with Crippen LogP contribution in [0.5, 0.6) is 0 Å². The molecule has 8 heteroatoms. The quantitative estimate of drug-likeness (QED) is 0.621. The second kappa shape index (κ2) is 9.34. The Labute approximate surface area is 185 Å². The van der Waals surface area contributed by atoms with Crippen molar-refractivity contribution >= 4 is 23.3 Å². The zero-order chi connectivity index (χ0) is 22.6. The Morgan fingerprint density at radius 2 is 1.74 bits per heavy atom.